The lowest BCUT2D eigenvalue weighted by atomic mass is 10.1. The van der Waals surface area contributed by atoms with Gasteiger partial charge in [-0.3, -0.25) is 4.79 Å². The largest absolute Gasteiger partial charge is 0.478 e. The molecule has 0 saturated heterocycles. The summed E-state index contributed by atoms with van der Waals surface area (Å²) in [5, 5.41) is 0.961. The molecule has 21 heavy (non-hydrogen) atoms. The van der Waals surface area contributed by atoms with Gasteiger partial charge in [-0.1, -0.05) is 37.0 Å². The van der Waals surface area contributed by atoms with E-state index in [0.717, 1.165) is 6.42 Å². The molecular formula is C16H23Cl2NO2. The minimum Gasteiger partial charge on any atom is -0.478 e. The van der Waals surface area contributed by atoms with Crippen molar-refractivity contribution in [2.45, 2.75) is 39.7 Å². The molecule has 5 heteroatoms. The molecule has 0 radical (unpaired) electrons. The van der Waals surface area contributed by atoms with E-state index in [1.165, 1.54) is 0 Å². The highest BCUT2D eigenvalue weighted by Crippen LogP contribution is 2.27. The maximum atomic E-state index is 12.5. The Morgan fingerprint density at radius 1 is 1.24 bits per heavy atom. The number of benzene rings is 1. The third kappa shape index (κ3) is 5.76. The van der Waals surface area contributed by atoms with Crippen LogP contribution in [0.25, 0.3) is 0 Å². The van der Waals surface area contributed by atoms with Gasteiger partial charge in [0.2, 0.25) is 0 Å². The molecule has 1 aromatic rings. The molecule has 0 spiro atoms. The topological polar surface area (TPSA) is 29.5 Å². The van der Waals surface area contributed by atoms with Crippen molar-refractivity contribution in [2.75, 3.05) is 13.6 Å². The summed E-state index contributed by atoms with van der Waals surface area (Å²) in [5.74, 6) is 0.971. The van der Waals surface area contributed by atoms with Crippen molar-refractivity contribution in [3.05, 3.63) is 28.2 Å². The van der Waals surface area contributed by atoms with Gasteiger partial charge < -0.3 is 9.64 Å². The third-order valence-electron chi connectivity index (χ3n) is 3.11. The summed E-state index contributed by atoms with van der Waals surface area (Å²) < 4.78 is 5.79. The molecule has 1 rings (SSSR count). The van der Waals surface area contributed by atoms with Crippen molar-refractivity contribution in [3.8, 4) is 5.75 Å². The molecule has 0 aliphatic rings. The van der Waals surface area contributed by atoms with Gasteiger partial charge in [-0.15, -0.1) is 0 Å². The fourth-order valence-corrected chi connectivity index (χ4v) is 2.44. The van der Waals surface area contributed by atoms with Gasteiger partial charge in [0.1, 0.15) is 5.75 Å². The molecule has 0 N–H and O–H groups in total. The van der Waals surface area contributed by atoms with Gasteiger partial charge in [-0.2, -0.15) is 0 Å². The summed E-state index contributed by atoms with van der Waals surface area (Å²) >= 11 is 11.9. The Balaban J connectivity index is 2.77. The van der Waals surface area contributed by atoms with Crippen molar-refractivity contribution in [3.63, 3.8) is 0 Å². The van der Waals surface area contributed by atoms with Crippen LogP contribution in [-0.4, -0.2) is 30.0 Å². The van der Waals surface area contributed by atoms with Crippen LogP contribution < -0.4 is 4.74 Å². The van der Waals surface area contributed by atoms with Crippen LogP contribution in [0.3, 0.4) is 0 Å². The molecule has 1 amide bonds. The number of likely N-dealkylation sites (N-methyl/N-ethyl adjacent to an activating group) is 1. The molecule has 0 fully saturated rings. The highest BCUT2D eigenvalue weighted by atomic mass is 35.5. The number of hydrogen-bond acceptors (Lipinski definition) is 2. The van der Waals surface area contributed by atoms with Crippen molar-refractivity contribution in [1.82, 2.24) is 4.90 Å². The van der Waals surface area contributed by atoms with Gasteiger partial charge in [-0.05, 0) is 44.4 Å². The summed E-state index contributed by atoms with van der Waals surface area (Å²) in [6.45, 7) is 8.47. The maximum Gasteiger partial charge on any atom is 0.265 e. The van der Waals surface area contributed by atoms with Crippen molar-refractivity contribution >= 4 is 29.1 Å². The zero-order valence-corrected chi connectivity index (χ0v) is 14.8. The van der Waals surface area contributed by atoms with E-state index >= 15 is 0 Å². The molecule has 0 atom stereocenters. The van der Waals surface area contributed by atoms with Crippen molar-refractivity contribution < 1.29 is 9.53 Å². The number of ether oxygens (including phenoxy) is 1. The van der Waals surface area contributed by atoms with Crippen LogP contribution in [0.5, 0.6) is 5.75 Å². The van der Waals surface area contributed by atoms with Crippen LogP contribution >= 0.6 is 23.2 Å². The first-order valence-corrected chi connectivity index (χ1v) is 7.78. The predicted molar refractivity (Wildman–Crippen MR) is 88.3 cm³/mol. The molecule has 3 nitrogen and oxygen atoms in total. The first-order valence-electron chi connectivity index (χ1n) is 7.02. The van der Waals surface area contributed by atoms with Crippen LogP contribution in [0, 0.1) is 5.92 Å². The Labute approximate surface area is 137 Å². The minimum absolute atomic E-state index is 0.0701. The van der Waals surface area contributed by atoms with Crippen LogP contribution in [0.2, 0.25) is 10.0 Å². The van der Waals surface area contributed by atoms with E-state index in [9.17, 15) is 4.79 Å². The SMILES string of the molecule is CC(C)CCN(C)C(=O)C(C)(C)Oc1cc(Cl)cc(Cl)c1. The summed E-state index contributed by atoms with van der Waals surface area (Å²) in [5.41, 5.74) is -0.972. The maximum absolute atomic E-state index is 12.5. The number of rotatable bonds is 6. The van der Waals surface area contributed by atoms with Crippen LogP contribution in [0.1, 0.15) is 34.1 Å². The fourth-order valence-electron chi connectivity index (χ4n) is 1.94. The van der Waals surface area contributed by atoms with E-state index in [0.29, 0.717) is 28.3 Å². The molecule has 0 aliphatic heterocycles. The van der Waals surface area contributed by atoms with E-state index in [-0.39, 0.29) is 5.91 Å². The Morgan fingerprint density at radius 2 is 1.76 bits per heavy atom. The Bertz CT molecular complexity index is 481. The van der Waals surface area contributed by atoms with Crippen LogP contribution in [0.15, 0.2) is 18.2 Å². The van der Waals surface area contributed by atoms with E-state index in [2.05, 4.69) is 13.8 Å². The number of amides is 1. The average Bonchev–Trinajstić information content (AvgIpc) is 2.32. The number of nitrogens with zero attached hydrogens (tertiary/aromatic N) is 1. The van der Waals surface area contributed by atoms with Crippen LogP contribution in [0.4, 0.5) is 0 Å². The molecule has 0 saturated carbocycles. The number of carbonyl (C=O) groups excluding carboxylic acids is 1. The lowest BCUT2D eigenvalue weighted by Crippen LogP contribution is -2.47. The first kappa shape index (κ1) is 18.1. The number of halogens is 2. The fraction of sp³-hybridized carbons (Fsp3) is 0.562. The monoisotopic (exact) mass is 331 g/mol. The second-order valence-electron chi connectivity index (χ2n) is 6.13. The minimum atomic E-state index is -0.972. The second-order valence-corrected chi connectivity index (χ2v) is 7.00. The third-order valence-corrected chi connectivity index (χ3v) is 3.55. The quantitative estimate of drug-likeness (QED) is 0.758. The summed E-state index contributed by atoms with van der Waals surface area (Å²) in [6, 6.07) is 4.92. The second kappa shape index (κ2) is 7.37. The normalized spacial score (nSPS) is 11.6. The van der Waals surface area contributed by atoms with E-state index < -0.39 is 5.60 Å². The Hall–Kier alpha value is -0.930. The standard InChI is InChI=1S/C16H23Cl2NO2/c1-11(2)6-7-19(5)15(20)16(3,4)21-14-9-12(17)8-13(18)10-14/h8-11H,6-7H2,1-5H3. The zero-order valence-electron chi connectivity index (χ0n) is 13.2. The molecule has 0 bridgehead atoms. The Kier molecular flexibility index (Phi) is 6.36. The zero-order chi connectivity index (χ0) is 16.2. The summed E-state index contributed by atoms with van der Waals surface area (Å²) in [4.78, 5) is 14.2. The average molecular weight is 332 g/mol. The lowest BCUT2D eigenvalue weighted by molar-refractivity contribution is -0.144. The molecule has 0 unspecified atom stereocenters. The highest BCUT2D eigenvalue weighted by Gasteiger charge is 2.32. The van der Waals surface area contributed by atoms with Gasteiger partial charge >= 0.3 is 0 Å². The molecular weight excluding hydrogens is 309 g/mol. The first-order chi connectivity index (χ1) is 9.61. The van der Waals surface area contributed by atoms with E-state index in [1.807, 2.05) is 0 Å². The van der Waals surface area contributed by atoms with Gasteiger partial charge in [-0.25, -0.2) is 0 Å². The van der Waals surface area contributed by atoms with Gasteiger partial charge in [0.15, 0.2) is 5.60 Å². The lowest BCUT2D eigenvalue weighted by Gasteiger charge is -2.30. The molecule has 1 aromatic carbocycles. The predicted octanol–water partition coefficient (Wildman–Crippen LogP) is 4.66. The summed E-state index contributed by atoms with van der Waals surface area (Å²) in [6.07, 6.45) is 0.960. The molecule has 0 aliphatic carbocycles. The van der Waals surface area contributed by atoms with E-state index in [4.69, 9.17) is 27.9 Å². The van der Waals surface area contributed by atoms with Gasteiger partial charge in [0.25, 0.3) is 5.91 Å². The van der Waals surface area contributed by atoms with Gasteiger partial charge in [0, 0.05) is 23.6 Å². The van der Waals surface area contributed by atoms with Crippen molar-refractivity contribution in [1.29, 1.82) is 0 Å². The van der Waals surface area contributed by atoms with E-state index in [1.54, 1.807) is 44.0 Å². The Morgan fingerprint density at radius 3 is 2.24 bits per heavy atom. The highest BCUT2D eigenvalue weighted by molar-refractivity contribution is 6.34. The number of hydrogen-bond donors (Lipinski definition) is 0. The van der Waals surface area contributed by atoms with Gasteiger partial charge in [0.05, 0.1) is 0 Å². The van der Waals surface area contributed by atoms with Crippen molar-refractivity contribution in [2.24, 2.45) is 5.92 Å². The smallest absolute Gasteiger partial charge is 0.265 e. The molecule has 118 valence electrons. The molecule has 0 heterocycles. The molecule has 0 aromatic heterocycles. The number of carbonyl (C=O) groups is 1. The van der Waals surface area contributed by atoms with Crippen LogP contribution in [-0.2, 0) is 4.79 Å². The summed E-state index contributed by atoms with van der Waals surface area (Å²) in [7, 11) is 1.79.